The molecule has 5 rings (SSSR count). The fourth-order valence-electron chi connectivity index (χ4n) is 4.56. The van der Waals surface area contributed by atoms with Crippen LogP contribution in [0.25, 0.3) is 22.2 Å². The van der Waals surface area contributed by atoms with Gasteiger partial charge >= 0.3 is 0 Å². The van der Waals surface area contributed by atoms with Gasteiger partial charge in [-0.15, -0.1) is 0 Å². The van der Waals surface area contributed by atoms with E-state index in [4.69, 9.17) is 4.74 Å². The summed E-state index contributed by atoms with van der Waals surface area (Å²) < 4.78 is 35.8. The maximum absolute atomic E-state index is 13.4. The van der Waals surface area contributed by atoms with Crippen LogP contribution in [0.4, 0.5) is 0 Å². The van der Waals surface area contributed by atoms with Crippen molar-refractivity contribution in [2.24, 2.45) is 7.05 Å². The Bertz CT molecular complexity index is 1350. The molecule has 0 unspecified atom stereocenters. The molecule has 7 nitrogen and oxygen atoms in total. The molecule has 160 valence electrons. The average Bonchev–Trinajstić information content (AvgIpc) is 3.52. The smallest absolute Gasteiger partial charge is 0.269 e. The third-order valence-corrected chi connectivity index (χ3v) is 7.92. The first-order valence-corrected chi connectivity index (χ1v) is 11.7. The van der Waals surface area contributed by atoms with E-state index in [9.17, 15) is 8.42 Å². The van der Waals surface area contributed by atoms with Crippen LogP contribution in [0.2, 0.25) is 0 Å². The van der Waals surface area contributed by atoms with Crippen molar-refractivity contribution in [2.75, 3.05) is 7.11 Å². The van der Waals surface area contributed by atoms with Crippen molar-refractivity contribution >= 4 is 21.1 Å². The van der Waals surface area contributed by atoms with E-state index in [-0.39, 0.29) is 10.5 Å². The van der Waals surface area contributed by atoms with Gasteiger partial charge in [-0.1, -0.05) is 31.0 Å². The van der Waals surface area contributed by atoms with Crippen LogP contribution in [-0.4, -0.2) is 34.3 Å². The summed E-state index contributed by atoms with van der Waals surface area (Å²) in [4.78, 5) is 4.86. The Morgan fingerprint density at radius 3 is 2.45 bits per heavy atom. The van der Waals surface area contributed by atoms with Gasteiger partial charge in [-0.3, -0.25) is 4.68 Å². The minimum absolute atomic E-state index is 0.222. The van der Waals surface area contributed by atoms with E-state index in [1.165, 1.54) is 3.97 Å². The largest absolute Gasteiger partial charge is 0.373 e. The lowest BCUT2D eigenvalue weighted by atomic mass is 9.92. The Kier molecular flexibility index (Phi) is 4.71. The van der Waals surface area contributed by atoms with Crippen molar-refractivity contribution in [3.05, 3.63) is 66.7 Å². The number of ether oxygens (including phenoxy) is 1. The number of benzene rings is 1. The maximum atomic E-state index is 13.4. The molecule has 8 heteroatoms. The predicted octanol–water partition coefficient (Wildman–Crippen LogP) is 4.09. The van der Waals surface area contributed by atoms with Crippen LogP contribution in [0.1, 0.15) is 31.2 Å². The molecule has 1 aliphatic carbocycles. The zero-order valence-electron chi connectivity index (χ0n) is 17.5. The molecule has 0 atom stereocenters. The molecule has 0 saturated heterocycles. The number of hydrogen-bond acceptors (Lipinski definition) is 5. The third kappa shape index (κ3) is 3.18. The van der Waals surface area contributed by atoms with E-state index in [0.717, 1.165) is 47.8 Å². The van der Waals surface area contributed by atoms with Crippen LogP contribution in [-0.2, 0) is 27.4 Å². The number of hydrogen-bond donors (Lipinski definition) is 0. The van der Waals surface area contributed by atoms with E-state index >= 15 is 0 Å². The summed E-state index contributed by atoms with van der Waals surface area (Å²) in [6, 6.07) is 10.5. The highest BCUT2D eigenvalue weighted by Gasteiger charge is 2.36. The molecule has 3 heterocycles. The number of nitrogens with zero attached hydrogens (tertiary/aromatic N) is 4. The molecular formula is C23H24N4O3S. The topological polar surface area (TPSA) is 79.0 Å². The first kappa shape index (κ1) is 20.0. The van der Waals surface area contributed by atoms with Gasteiger partial charge < -0.3 is 4.74 Å². The Balaban J connectivity index is 1.77. The van der Waals surface area contributed by atoms with Gasteiger partial charge in [-0.25, -0.2) is 17.4 Å². The number of fused-ring (bicyclic) bond motifs is 1. The van der Waals surface area contributed by atoms with Crippen LogP contribution in [0, 0.1) is 0 Å². The van der Waals surface area contributed by atoms with E-state index < -0.39 is 10.0 Å². The monoisotopic (exact) mass is 436 g/mol. The second kappa shape index (κ2) is 7.32. The van der Waals surface area contributed by atoms with Gasteiger partial charge in [-0.05, 0) is 31.0 Å². The minimum atomic E-state index is -3.80. The Morgan fingerprint density at radius 1 is 1.06 bits per heavy atom. The quantitative estimate of drug-likeness (QED) is 0.471. The number of methoxy groups -OCH3 is 1. The minimum Gasteiger partial charge on any atom is -0.373 e. The fourth-order valence-corrected chi connectivity index (χ4v) is 5.91. The predicted molar refractivity (Wildman–Crippen MR) is 118 cm³/mol. The molecule has 4 aromatic rings. The standard InChI is InChI=1S/C23H24N4O3S/c1-26-15-17(13-25-26)21-16-27(31(28,29)19-8-4-3-5-9-19)22-20(21)12-18(14-24-22)23(30-2)10-6-7-11-23/h3-5,8-9,12-16H,6-7,10-11H2,1-2H3. The van der Waals surface area contributed by atoms with Gasteiger partial charge in [0.1, 0.15) is 0 Å². The molecule has 1 fully saturated rings. The molecule has 1 aliphatic rings. The van der Waals surface area contributed by atoms with Crippen LogP contribution >= 0.6 is 0 Å². The lowest BCUT2D eigenvalue weighted by Gasteiger charge is -2.27. The Morgan fingerprint density at radius 2 is 1.81 bits per heavy atom. The number of pyridine rings is 1. The van der Waals surface area contributed by atoms with Crippen molar-refractivity contribution < 1.29 is 13.2 Å². The second-order valence-electron chi connectivity index (χ2n) is 8.06. The summed E-state index contributed by atoms with van der Waals surface area (Å²) in [6.45, 7) is 0. The van der Waals surface area contributed by atoms with Crippen molar-refractivity contribution in [3.63, 3.8) is 0 Å². The number of aromatic nitrogens is 4. The number of aryl methyl sites for hydroxylation is 1. The lowest BCUT2D eigenvalue weighted by molar-refractivity contribution is -0.00884. The van der Waals surface area contributed by atoms with Crippen LogP contribution in [0.5, 0.6) is 0 Å². The van der Waals surface area contributed by atoms with E-state index in [2.05, 4.69) is 10.1 Å². The van der Waals surface area contributed by atoms with Crippen molar-refractivity contribution in [1.82, 2.24) is 18.7 Å². The normalized spacial score (nSPS) is 16.2. The van der Waals surface area contributed by atoms with Crippen molar-refractivity contribution in [2.45, 2.75) is 36.2 Å². The van der Waals surface area contributed by atoms with Gasteiger partial charge in [0.2, 0.25) is 0 Å². The molecule has 0 amide bonds. The van der Waals surface area contributed by atoms with Crippen LogP contribution in [0.3, 0.4) is 0 Å². The van der Waals surface area contributed by atoms with Crippen LogP contribution < -0.4 is 0 Å². The molecule has 0 aliphatic heterocycles. The van der Waals surface area contributed by atoms with Gasteiger partial charge in [0, 0.05) is 54.8 Å². The maximum Gasteiger partial charge on any atom is 0.269 e. The Labute approximate surface area is 181 Å². The van der Waals surface area contributed by atoms with E-state index in [1.54, 1.807) is 60.7 Å². The molecule has 0 bridgehead atoms. The van der Waals surface area contributed by atoms with Crippen molar-refractivity contribution in [1.29, 1.82) is 0 Å². The number of rotatable bonds is 5. The summed E-state index contributed by atoms with van der Waals surface area (Å²) in [6.07, 6.45) is 11.1. The highest BCUT2D eigenvalue weighted by atomic mass is 32.2. The highest BCUT2D eigenvalue weighted by molar-refractivity contribution is 7.90. The SMILES string of the molecule is COC1(c2cnc3c(c2)c(-c2cnn(C)c2)cn3S(=O)(=O)c2ccccc2)CCCC1. The Hall–Kier alpha value is -2.97. The van der Waals surface area contributed by atoms with Crippen molar-refractivity contribution in [3.8, 4) is 11.1 Å². The summed E-state index contributed by atoms with van der Waals surface area (Å²) >= 11 is 0. The molecule has 1 saturated carbocycles. The molecule has 0 N–H and O–H groups in total. The second-order valence-corrected chi connectivity index (χ2v) is 9.87. The molecule has 31 heavy (non-hydrogen) atoms. The zero-order chi connectivity index (χ0) is 21.6. The summed E-state index contributed by atoms with van der Waals surface area (Å²) in [5.41, 5.74) is 2.64. The third-order valence-electron chi connectivity index (χ3n) is 6.26. The molecule has 1 aromatic carbocycles. The molecule has 0 spiro atoms. The van der Waals surface area contributed by atoms with Gasteiger partial charge in [-0.2, -0.15) is 5.10 Å². The highest BCUT2D eigenvalue weighted by Crippen LogP contribution is 2.43. The van der Waals surface area contributed by atoms with E-state index in [0.29, 0.717) is 5.65 Å². The molecule has 3 aromatic heterocycles. The van der Waals surface area contributed by atoms with Crippen LogP contribution in [0.15, 0.2) is 66.1 Å². The first-order chi connectivity index (χ1) is 14.9. The lowest BCUT2D eigenvalue weighted by Crippen LogP contribution is -2.24. The van der Waals surface area contributed by atoms with Gasteiger partial charge in [0.15, 0.2) is 5.65 Å². The summed E-state index contributed by atoms with van der Waals surface area (Å²) in [7, 11) is -0.225. The van der Waals surface area contributed by atoms with Gasteiger partial charge in [0.25, 0.3) is 10.0 Å². The van der Waals surface area contributed by atoms with E-state index in [1.807, 2.05) is 19.3 Å². The first-order valence-electron chi connectivity index (χ1n) is 10.3. The fraction of sp³-hybridized carbons (Fsp3) is 0.304. The van der Waals surface area contributed by atoms with Gasteiger partial charge in [0.05, 0.1) is 16.7 Å². The molecular weight excluding hydrogens is 412 g/mol. The summed E-state index contributed by atoms with van der Waals surface area (Å²) in [5.74, 6) is 0. The average molecular weight is 437 g/mol. The molecule has 0 radical (unpaired) electrons. The zero-order valence-corrected chi connectivity index (χ0v) is 18.3. The summed E-state index contributed by atoms with van der Waals surface area (Å²) in [5, 5.41) is 5.04.